The number of likely N-dealkylation sites (N-methyl/N-ethyl adjacent to an activating group) is 1. The first-order valence-electron chi connectivity index (χ1n) is 9.18. The maximum atomic E-state index is 12.0. The number of ether oxygens (including phenoxy) is 1. The van der Waals surface area contributed by atoms with Crippen molar-refractivity contribution in [2.75, 3.05) is 20.2 Å². The summed E-state index contributed by atoms with van der Waals surface area (Å²) >= 11 is 0. The van der Waals surface area contributed by atoms with Gasteiger partial charge in [-0.25, -0.2) is 0 Å². The van der Waals surface area contributed by atoms with Crippen molar-refractivity contribution in [1.29, 1.82) is 0 Å². The molecule has 0 atom stereocenters. The number of rotatable bonds is 7. The maximum absolute atomic E-state index is 12.0. The van der Waals surface area contributed by atoms with Crippen LogP contribution in [-0.2, 0) is 9.59 Å². The molecule has 3 amide bonds. The Morgan fingerprint density at radius 2 is 1.60 bits per heavy atom. The zero-order valence-corrected chi connectivity index (χ0v) is 16.3. The van der Waals surface area contributed by atoms with Crippen LogP contribution in [-0.4, -0.2) is 42.8 Å². The summed E-state index contributed by atoms with van der Waals surface area (Å²) in [5.41, 5.74) is 6.34. The summed E-state index contributed by atoms with van der Waals surface area (Å²) in [5, 5.41) is 0. The highest BCUT2D eigenvalue weighted by atomic mass is 16.5. The fourth-order valence-corrected chi connectivity index (χ4v) is 2.68. The summed E-state index contributed by atoms with van der Waals surface area (Å²) in [6.45, 7) is -0.539. The van der Waals surface area contributed by atoms with Crippen molar-refractivity contribution in [3.63, 3.8) is 0 Å². The van der Waals surface area contributed by atoms with Crippen LogP contribution in [0, 0.1) is 0 Å². The molecular weight excluding hydrogens is 386 g/mol. The molecule has 154 valence electrons. The highest BCUT2D eigenvalue weighted by Crippen LogP contribution is 2.29. The molecule has 0 fully saturated rings. The molecule has 3 aromatic rings. The van der Waals surface area contributed by atoms with Crippen molar-refractivity contribution in [2.45, 2.75) is 0 Å². The van der Waals surface area contributed by atoms with Crippen LogP contribution >= 0.6 is 0 Å². The fraction of sp³-hybridized carbons (Fsp3) is 0.136. The van der Waals surface area contributed by atoms with E-state index in [-0.39, 0.29) is 18.9 Å². The summed E-state index contributed by atoms with van der Waals surface area (Å²) in [5.74, 6) is -0.863. The standard InChI is InChI=1S/C22H21N3O5/c1-25(22(28)19-12-7-13-29-19)14-20(26)23-24-21(27)15-30-18-11-6-5-10-17(18)16-8-3-2-4-9-16/h2-13H,14-15H2,1H3,(H,23,26)(H,24,27). The lowest BCUT2D eigenvalue weighted by molar-refractivity contribution is -0.130. The van der Waals surface area contributed by atoms with E-state index in [4.69, 9.17) is 9.15 Å². The first-order chi connectivity index (χ1) is 14.5. The number of hydrogen-bond donors (Lipinski definition) is 2. The number of nitrogens with zero attached hydrogens (tertiary/aromatic N) is 1. The SMILES string of the molecule is CN(CC(=O)NNC(=O)COc1ccccc1-c1ccccc1)C(=O)c1ccco1. The van der Waals surface area contributed by atoms with Crippen molar-refractivity contribution in [2.24, 2.45) is 0 Å². The lowest BCUT2D eigenvalue weighted by atomic mass is 10.1. The van der Waals surface area contributed by atoms with Gasteiger partial charge in [-0.2, -0.15) is 0 Å². The largest absolute Gasteiger partial charge is 0.483 e. The Hall–Kier alpha value is -4.07. The number of nitrogens with one attached hydrogen (secondary N) is 2. The van der Waals surface area contributed by atoms with E-state index in [2.05, 4.69) is 10.9 Å². The quantitative estimate of drug-likeness (QED) is 0.585. The number of hydrogen-bond acceptors (Lipinski definition) is 5. The Balaban J connectivity index is 1.47. The second-order valence-electron chi connectivity index (χ2n) is 6.39. The van der Waals surface area contributed by atoms with E-state index in [0.29, 0.717) is 5.75 Å². The molecule has 0 unspecified atom stereocenters. The van der Waals surface area contributed by atoms with Gasteiger partial charge in [-0.15, -0.1) is 0 Å². The maximum Gasteiger partial charge on any atom is 0.289 e. The average molecular weight is 407 g/mol. The van der Waals surface area contributed by atoms with Gasteiger partial charge in [0.15, 0.2) is 12.4 Å². The van der Waals surface area contributed by atoms with Gasteiger partial charge in [-0.3, -0.25) is 25.2 Å². The summed E-state index contributed by atoms with van der Waals surface area (Å²) in [6, 6.07) is 20.1. The predicted molar refractivity (Wildman–Crippen MR) is 109 cm³/mol. The Bertz CT molecular complexity index is 1000. The van der Waals surface area contributed by atoms with Crippen LogP contribution in [0.5, 0.6) is 5.75 Å². The summed E-state index contributed by atoms with van der Waals surface area (Å²) in [4.78, 5) is 37.2. The predicted octanol–water partition coefficient (Wildman–Crippen LogP) is 2.25. The Morgan fingerprint density at radius 3 is 2.33 bits per heavy atom. The smallest absolute Gasteiger partial charge is 0.289 e. The number of amides is 3. The number of carbonyl (C=O) groups is 3. The zero-order valence-electron chi connectivity index (χ0n) is 16.3. The molecule has 3 rings (SSSR count). The van der Waals surface area contributed by atoms with Crippen molar-refractivity contribution < 1.29 is 23.5 Å². The van der Waals surface area contributed by atoms with E-state index in [9.17, 15) is 14.4 Å². The molecule has 1 heterocycles. The molecule has 0 aliphatic heterocycles. The third-order valence-corrected chi connectivity index (χ3v) is 4.13. The lowest BCUT2D eigenvalue weighted by Crippen LogP contribution is -2.48. The summed E-state index contributed by atoms with van der Waals surface area (Å²) in [6.07, 6.45) is 1.37. The van der Waals surface area contributed by atoms with E-state index in [1.54, 1.807) is 12.1 Å². The highest BCUT2D eigenvalue weighted by molar-refractivity contribution is 5.94. The van der Waals surface area contributed by atoms with Gasteiger partial charge in [-0.05, 0) is 23.8 Å². The van der Waals surface area contributed by atoms with E-state index >= 15 is 0 Å². The molecule has 8 nitrogen and oxygen atoms in total. The minimum absolute atomic E-state index is 0.125. The summed E-state index contributed by atoms with van der Waals surface area (Å²) in [7, 11) is 1.45. The van der Waals surface area contributed by atoms with Gasteiger partial charge >= 0.3 is 0 Å². The molecule has 2 N–H and O–H groups in total. The van der Waals surface area contributed by atoms with Gasteiger partial charge < -0.3 is 14.1 Å². The molecule has 2 aromatic carbocycles. The molecule has 0 bridgehead atoms. The van der Waals surface area contributed by atoms with Crippen molar-refractivity contribution >= 4 is 17.7 Å². The number of para-hydroxylation sites is 1. The average Bonchev–Trinajstić information content (AvgIpc) is 3.31. The Kier molecular flexibility index (Phi) is 6.83. The zero-order chi connectivity index (χ0) is 21.3. The third-order valence-electron chi connectivity index (χ3n) is 4.13. The number of benzene rings is 2. The molecule has 0 spiro atoms. The molecule has 0 radical (unpaired) electrons. The number of carbonyl (C=O) groups excluding carboxylic acids is 3. The fourth-order valence-electron chi connectivity index (χ4n) is 2.68. The molecule has 1 aromatic heterocycles. The first kappa shape index (κ1) is 20.7. The van der Waals surface area contributed by atoms with Crippen LogP contribution in [0.25, 0.3) is 11.1 Å². The molecule has 30 heavy (non-hydrogen) atoms. The van der Waals surface area contributed by atoms with Crippen molar-refractivity contribution in [1.82, 2.24) is 15.8 Å². The molecule has 0 saturated heterocycles. The van der Waals surface area contributed by atoms with E-state index < -0.39 is 17.7 Å². The van der Waals surface area contributed by atoms with Gasteiger partial charge in [0, 0.05) is 12.6 Å². The van der Waals surface area contributed by atoms with Crippen molar-refractivity contribution in [3.8, 4) is 16.9 Å². The van der Waals surface area contributed by atoms with E-state index in [0.717, 1.165) is 11.1 Å². The van der Waals surface area contributed by atoms with Gasteiger partial charge in [0.1, 0.15) is 12.3 Å². The molecule has 0 saturated carbocycles. The van der Waals surface area contributed by atoms with Crippen LogP contribution in [0.3, 0.4) is 0 Å². The second-order valence-corrected chi connectivity index (χ2v) is 6.39. The molecule has 8 heteroatoms. The number of hydrazine groups is 1. The van der Waals surface area contributed by atoms with Crippen LogP contribution in [0.2, 0.25) is 0 Å². The van der Waals surface area contributed by atoms with Gasteiger partial charge in [0.2, 0.25) is 0 Å². The van der Waals surface area contributed by atoms with Crippen LogP contribution in [0.1, 0.15) is 10.6 Å². The Morgan fingerprint density at radius 1 is 0.900 bits per heavy atom. The minimum Gasteiger partial charge on any atom is -0.483 e. The monoisotopic (exact) mass is 407 g/mol. The van der Waals surface area contributed by atoms with Crippen molar-refractivity contribution in [3.05, 3.63) is 78.8 Å². The summed E-state index contributed by atoms with van der Waals surface area (Å²) < 4.78 is 10.6. The second kappa shape index (κ2) is 9.92. The van der Waals surface area contributed by atoms with Crippen LogP contribution in [0.15, 0.2) is 77.4 Å². The van der Waals surface area contributed by atoms with Crippen LogP contribution < -0.4 is 15.6 Å². The van der Waals surface area contributed by atoms with Crippen LogP contribution in [0.4, 0.5) is 0 Å². The third kappa shape index (κ3) is 5.48. The topological polar surface area (TPSA) is 101 Å². The van der Waals surface area contributed by atoms with Gasteiger partial charge in [0.05, 0.1) is 6.26 Å². The minimum atomic E-state index is -0.560. The molecule has 0 aliphatic rings. The highest BCUT2D eigenvalue weighted by Gasteiger charge is 2.17. The Labute approximate surface area is 173 Å². The van der Waals surface area contributed by atoms with Gasteiger partial charge in [-0.1, -0.05) is 48.5 Å². The number of furan rings is 1. The normalized spacial score (nSPS) is 10.2. The van der Waals surface area contributed by atoms with Gasteiger partial charge in [0.25, 0.3) is 17.7 Å². The lowest BCUT2D eigenvalue weighted by Gasteiger charge is -2.16. The molecule has 0 aliphatic carbocycles. The first-order valence-corrected chi connectivity index (χ1v) is 9.18. The van der Waals surface area contributed by atoms with E-state index in [1.807, 2.05) is 48.5 Å². The van der Waals surface area contributed by atoms with E-state index in [1.165, 1.54) is 24.3 Å². The molecular formula is C22H21N3O5.